The van der Waals surface area contributed by atoms with Crippen LogP contribution in [0.25, 0.3) is 0 Å². The van der Waals surface area contributed by atoms with Crippen LogP contribution in [0.2, 0.25) is 0 Å². The Bertz CT molecular complexity index is 326. The molecule has 0 aliphatic rings. The van der Waals surface area contributed by atoms with Crippen molar-refractivity contribution >= 4 is 5.69 Å². The Balaban J connectivity index is 2.54. The molecular weight excluding hydrogens is 202 g/mol. The van der Waals surface area contributed by atoms with Crippen molar-refractivity contribution in [1.82, 2.24) is 0 Å². The van der Waals surface area contributed by atoms with E-state index in [0.717, 1.165) is 12.4 Å². The first-order chi connectivity index (χ1) is 7.67. The Morgan fingerprint density at radius 3 is 2.75 bits per heavy atom. The SMILES string of the molecule is CCCC(C)COc1ccc(N)c(OC)c1. The van der Waals surface area contributed by atoms with Crippen LogP contribution in [0.1, 0.15) is 26.7 Å². The third kappa shape index (κ3) is 3.65. The van der Waals surface area contributed by atoms with Gasteiger partial charge in [-0.3, -0.25) is 0 Å². The van der Waals surface area contributed by atoms with Crippen LogP contribution in [0.3, 0.4) is 0 Å². The number of nitrogen functional groups attached to an aromatic ring is 1. The number of hydrogen-bond donors (Lipinski definition) is 1. The van der Waals surface area contributed by atoms with Crippen molar-refractivity contribution in [2.75, 3.05) is 19.5 Å². The van der Waals surface area contributed by atoms with Gasteiger partial charge in [-0.1, -0.05) is 20.3 Å². The van der Waals surface area contributed by atoms with Crippen molar-refractivity contribution in [2.24, 2.45) is 5.92 Å². The van der Waals surface area contributed by atoms with Gasteiger partial charge in [-0.05, 0) is 24.5 Å². The van der Waals surface area contributed by atoms with Crippen LogP contribution in [0, 0.1) is 5.92 Å². The summed E-state index contributed by atoms with van der Waals surface area (Å²) in [6, 6.07) is 5.50. The highest BCUT2D eigenvalue weighted by atomic mass is 16.5. The predicted octanol–water partition coefficient (Wildman–Crippen LogP) is 3.09. The molecule has 90 valence electrons. The van der Waals surface area contributed by atoms with Gasteiger partial charge < -0.3 is 15.2 Å². The van der Waals surface area contributed by atoms with E-state index in [0.29, 0.717) is 17.4 Å². The summed E-state index contributed by atoms with van der Waals surface area (Å²) in [7, 11) is 1.61. The molecule has 0 heterocycles. The summed E-state index contributed by atoms with van der Waals surface area (Å²) >= 11 is 0. The Labute approximate surface area is 97.6 Å². The maximum Gasteiger partial charge on any atom is 0.145 e. The summed E-state index contributed by atoms with van der Waals surface area (Å²) < 4.78 is 10.8. The van der Waals surface area contributed by atoms with Crippen LogP contribution in [0.15, 0.2) is 18.2 Å². The molecule has 0 saturated heterocycles. The minimum absolute atomic E-state index is 0.577. The second kappa shape index (κ2) is 6.26. The molecule has 0 spiro atoms. The van der Waals surface area contributed by atoms with Gasteiger partial charge in [-0.25, -0.2) is 0 Å². The number of methoxy groups -OCH3 is 1. The summed E-state index contributed by atoms with van der Waals surface area (Å²) in [4.78, 5) is 0. The van der Waals surface area contributed by atoms with Crippen LogP contribution in [-0.4, -0.2) is 13.7 Å². The number of benzene rings is 1. The van der Waals surface area contributed by atoms with E-state index in [-0.39, 0.29) is 0 Å². The van der Waals surface area contributed by atoms with E-state index in [2.05, 4.69) is 13.8 Å². The first kappa shape index (κ1) is 12.7. The lowest BCUT2D eigenvalue weighted by atomic mass is 10.1. The molecule has 0 aliphatic heterocycles. The van der Waals surface area contributed by atoms with Crippen LogP contribution < -0.4 is 15.2 Å². The molecule has 0 aromatic heterocycles. The second-order valence-electron chi connectivity index (χ2n) is 4.11. The number of ether oxygens (including phenoxy) is 2. The second-order valence-corrected chi connectivity index (χ2v) is 4.11. The molecule has 1 aromatic rings. The molecule has 0 amide bonds. The van der Waals surface area contributed by atoms with Crippen molar-refractivity contribution < 1.29 is 9.47 Å². The molecule has 0 bridgehead atoms. The van der Waals surface area contributed by atoms with E-state index in [1.165, 1.54) is 12.8 Å². The summed E-state index contributed by atoms with van der Waals surface area (Å²) in [6.45, 7) is 5.11. The monoisotopic (exact) mass is 223 g/mol. The maximum atomic E-state index is 5.72. The molecule has 0 radical (unpaired) electrons. The number of anilines is 1. The van der Waals surface area contributed by atoms with Gasteiger partial charge in [0.15, 0.2) is 0 Å². The third-order valence-electron chi connectivity index (χ3n) is 2.52. The first-order valence-electron chi connectivity index (χ1n) is 5.73. The predicted molar refractivity (Wildman–Crippen MR) is 67.0 cm³/mol. The lowest BCUT2D eigenvalue weighted by Gasteiger charge is -2.13. The lowest BCUT2D eigenvalue weighted by molar-refractivity contribution is 0.250. The van der Waals surface area contributed by atoms with Gasteiger partial charge in [0.2, 0.25) is 0 Å². The van der Waals surface area contributed by atoms with Gasteiger partial charge in [-0.2, -0.15) is 0 Å². The van der Waals surface area contributed by atoms with E-state index in [1.54, 1.807) is 13.2 Å². The molecule has 16 heavy (non-hydrogen) atoms. The zero-order valence-corrected chi connectivity index (χ0v) is 10.3. The van der Waals surface area contributed by atoms with Crippen molar-refractivity contribution in [3.63, 3.8) is 0 Å². The lowest BCUT2D eigenvalue weighted by Crippen LogP contribution is -2.08. The number of nitrogens with two attached hydrogens (primary N) is 1. The van der Waals surface area contributed by atoms with Gasteiger partial charge in [0.05, 0.1) is 19.4 Å². The molecule has 1 atom stereocenters. The molecular formula is C13H21NO2. The Morgan fingerprint density at radius 2 is 2.12 bits per heavy atom. The highest BCUT2D eigenvalue weighted by Crippen LogP contribution is 2.26. The summed E-state index contributed by atoms with van der Waals surface area (Å²) in [5.74, 6) is 2.06. The molecule has 1 aromatic carbocycles. The van der Waals surface area contributed by atoms with E-state index in [1.807, 2.05) is 12.1 Å². The molecule has 1 rings (SSSR count). The standard InChI is InChI=1S/C13H21NO2/c1-4-5-10(2)9-16-11-6-7-12(14)13(8-11)15-3/h6-8,10H,4-5,9,14H2,1-3H3. The largest absolute Gasteiger partial charge is 0.494 e. The summed E-state index contributed by atoms with van der Waals surface area (Å²) in [5, 5.41) is 0. The van der Waals surface area contributed by atoms with E-state index in [9.17, 15) is 0 Å². The minimum atomic E-state index is 0.577. The Hall–Kier alpha value is -1.38. The van der Waals surface area contributed by atoms with Crippen molar-refractivity contribution in [3.8, 4) is 11.5 Å². The van der Waals surface area contributed by atoms with Gasteiger partial charge in [0.25, 0.3) is 0 Å². The zero-order chi connectivity index (χ0) is 12.0. The quantitative estimate of drug-likeness (QED) is 0.754. The van der Waals surface area contributed by atoms with Gasteiger partial charge in [-0.15, -0.1) is 0 Å². The Kier molecular flexibility index (Phi) is 4.96. The zero-order valence-electron chi connectivity index (χ0n) is 10.3. The average Bonchev–Trinajstić information content (AvgIpc) is 2.28. The van der Waals surface area contributed by atoms with Gasteiger partial charge in [0.1, 0.15) is 11.5 Å². The Morgan fingerprint density at radius 1 is 1.38 bits per heavy atom. The van der Waals surface area contributed by atoms with Crippen molar-refractivity contribution in [1.29, 1.82) is 0 Å². The van der Waals surface area contributed by atoms with E-state index < -0.39 is 0 Å². The smallest absolute Gasteiger partial charge is 0.145 e. The fourth-order valence-corrected chi connectivity index (χ4v) is 1.60. The molecule has 1 unspecified atom stereocenters. The van der Waals surface area contributed by atoms with Crippen molar-refractivity contribution in [2.45, 2.75) is 26.7 Å². The molecule has 0 fully saturated rings. The van der Waals surface area contributed by atoms with Crippen LogP contribution in [-0.2, 0) is 0 Å². The highest BCUT2D eigenvalue weighted by molar-refractivity contribution is 5.55. The first-order valence-corrected chi connectivity index (χ1v) is 5.73. The number of rotatable bonds is 6. The fourth-order valence-electron chi connectivity index (χ4n) is 1.60. The highest BCUT2D eigenvalue weighted by Gasteiger charge is 2.04. The molecule has 0 saturated carbocycles. The topological polar surface area (TPSA) is 44.5 Å². The minimum Gasteiger partial charge on any atom is -0.494 e. The third-order valence-corrected chi connectivity index (χ3v) is 2.52. The van der Waals surface area contributed by atoms with Crippen molar-refractivity contribution in [3.05, 3.63) is 18.2 Å². The maximum absolute atomic E-state index is 5.72. The van der Waals surface area contributed by atoms with E-state index in [4.69, 9.17) is 15.2 Å². The molecule has 2 N–H and O–H groups in total. The molecule has 3 nitrogen and oxygen atoms in total. The van der Waals surface area contributed by atoms with E-state index >= 15 is 0 Å². The molecule has 3 heteroatoms. The normalized spacial score (nSPS) is 12.2. The summed E-state index contributed by atoms with van der Waals surface area (Å²) in [6.07, 6.45) is 2.38. The summed E-state index contributed by atoms with van der Waals surface area (Å²) in [5.41, 5.74) is 6.36. The molecule has 0 aliphatic carbocycles. The number of hydrogen-bond acceptors (Lipinski definition) is 3. The van der Waals surface area contributed by atoms with Crippen LogP contribution >= 0.6 is 0 Å². The van der Waals surface area contributed by atoms with Crippen LogP contribution in [0.5, 0.6) is 11.5 Å². The fraction of sp³-hybridized carbons (Fsp3) is 0.538. The van der Waals surface area contributed by atoms with Gasteiger partial charge in [0, 0.05) is 6.07 Å². The average molecular weight is 223 g/mol. The van der Waals surface area contributed by atoms with Gasteiger partial charge >= 0.3 is 0 Å². The van der Waals surface area contributed by atoms with Crippen LogP contribution in [0.4, 0.5) is 5.69 Å².